The van der Waals surface area contributed by atoms with Gasteiger partial charge in [0.25, 0.3) is 0 Å². The number of hydrogen-bond donors (Lipinski definition) is 0. The number of hydrogen-bond acceptors (Lipinski definition) is 3. The Morgan fingerprint density at radius 2 is 1.82 bits per heavy atom. The highest BCUT2D eigenvalue weighted by Gasteiger charge is 2.20. The predicted molar refractivity (Wildman–Crippen MR) is 65.2 cm³/mol. The molecule has 1 aliphatic heterocycles. The number of nitrogens with zero attached hydrogens (tertiary/aromatic N) is 2. The van der Waals surface area contributed by atoms with Gasteiger partial charge in [-0.25, -0.2) is 0 Å². The van der Waals surface area contributed by atoms with Gasteiger partial charge in [-0.3, -0.25) is 0 Å². The van der Waals surface area contributed by atoms with Gasteiger partial charge in [0.1, 0.15) is 5.75 Å². The van der Waals surface area contributed by atoms with Crippen LogP contribution >= 0.6 is 0 Å². The summed E-state index contributed by atoms with van der Waals surface area (Å²) in [4.78, 5) is 2.08. The Kier molecular flexibility index (Phi) is 2.20. The lowest BCUT2D eigenvalue weighted by atomic mass is 10.2. The van der Waals surface area contributed by atoms with Crippen LogP contribution in [-0.4, -0.2) is 6.73 Å². The van der Waals surface area contributed by atoms with E-state index in [9.17, 15) is 0 Å². The van der Waals surface area contributed by atoms with Gasteiger partial charge in [0.2, 0.25) is 0 Å². The molecule has 0 saturated heterocycles. The van der Waals surface area contributed by atoms with E-state index in [2.05, 4.69) is 11.0 Å². The van der Waals surface area contributed by atoms with Gasteiger partial charge < -0.3 is 9.64 Å². The van der Waals surface area contributed by atoms with E-state index >= 15 is 0 Å². The molecule has 0 saturated carbocycles. The second kappa shape index (κ2) is 3.84. The maximum atomic E-state index is 8.76. The SMILES string of the molecule is N#Cc1ccc(N2COc3ccccc32)cc1. The van der Waals surface area contributed by atoms with Crippen molar-refractivity contribution in [1.29, 1.82) is 5.26 Å². The maximum Gasteiger partial charge on any atom is 0.165 e. The van der Waals surface area contributed by atoms with Crippen LogP contribution in [0.25, 0.3) is 0 Å². The van der Waals surface area contributed by atoms with Gasteiger partial charge in [-0.15, -0.1) is 0 Å². The molecule has 0 atom stereocenters. The van der Waals surface area contributed by atoms with Gasteiger partial charge in [-0.1, -0.05) is 12.1 Å². The lowest BCUT2D eigenvalue weighted by molar-refractivity contribution is 0.357. The Bertz CT molecular complexity index is 584. The topological polar surface area (TPSA) is 36.3 Å². The molecule has 0 bridgehead atoms. The van der Waals surface area contributed by atoms with Crippen molar-refractivity contribution in [1.82, 2.24) is 0 Å². The number of anilines is 2. The van der Waals surface area contributed by atoms with E-state index in [0.29, 0.717) is 12.3 Å². The van der Waals surface area contributed by atoms with Crippen LogP contribution in [0.15, 0.2) is 48.5 Å². The number of rotatable bonds is 1. The Morgan fingerprint density at radius 3 is 2.59 bits per heavy atom. The molecule has 3 heteroatoms. The average Bonchev–Trinajstić information content (AvgIpc) is 2.83. The highest BCUT2D eigenvalue weighted by Crippen LogP contribution is 2.38. The molecule has 82 valence electrons. The van der Waals surface area contributed by atoms with E-state index in [1.165, 1.54) is 0 Å². The van der Waals surface area contributed by atoms with Crippen molar-refractivity contribution >= 4 is 11.4 Å². The molecule has 3 nitrogen and oxygen atoms in total. The van der Waals surface area contributed by atoms with E-state index in [-0.39, 0.29) is 0 Å². The third-order valence-corrected chi connectivity index (χ3v) is 2.81. The minimum atomic E-state index is 0.519. The standard InChI is InChI=1S/C14H10N2O/c15-9-11-5-7-12(8-6-11)16-10-17-14-4-2-1-3-13(14)16/h1-8H,10H2. The van der Waals surface area contributed by atoms with Crippen LogP contribution in [0.3, 0.4) is 0 Å². The Balaban J connectivity index is 1.99. The molecule has 0 fully saturated rings. The first kappa shape index (κ1) is 9.73. The van der Waals surface area contributed by atoms with Gasteiger partial charge in [0.15, 0.2) is 6.73 Å². The van der Waals surface area contributed by atoms with Crippen LogP contribution in [0.4, 0.5) is 11.4 Å². The molecule has 1 heterocycles. The van der Waals surface area contributed by atoms with Crippen molar-refractivity contribution < 1.29 is 4.74 Å². The first-order valence-corrected chi connectivity index (χ1v) is 5.38. The molecule has 0 N–H and O–H groups in total. The average molecular weight is 222 g/mol. The third kappa shape index (κ3) is 1.60. The van der Waals surface area contributed by atoms with Crippen molar-refractivity contribution in [3.05, 3.63) is 54.1 Å². The van der Waals surface area contributed by atoms with Gasteiger partial charge in [0, 0.05) is 5.69 Å². The molecule has 0 aliphatic carbocycles. The summed E-state index contributed by atoms with van der Waals surface area (Å²) in [5, 5.41) is 8.76. The molecular weight excluding hydrogens is 212 g/mol. The van der Waals surface area contributed by atoms with Crippen LogP contribution in [0, 0.1) is 11.3 Å². The van der Waals surface area contributed by atoms with Crippen molar-refractivity contribution in [2.24, 2.45) is 0 Å². The van der Waals surface area contributed by atoms with Crippen molar-refractivity contribution in [2.45, 2.75) is 0 Å². The number of fused-ring (bicyclic) bond motifs is 1. The molecule has 0 radical (unpaired) electrons. The Labute approximate surface area is 99.5 Å². The molecule has 3 rings (SSSR count). The molecule has 17 heavy (non-hydrogen) atoms. The summed E-state index contributed by atoms with van der Waals surface area (Å²) in [5.74, 6) is 0.900. The van der Waals surface area contributed by atoms with Crippen molar-refractivity contribution in [2.75, 3.05) is 11.6 Å². The Hall–Kier alpha value is -2.47. The fraction of sp³-hybridized carbons (Fsp3) is 0.0714. The van der Waals surface area contributed by atoms with Gasteiger partial charge in [-0.05, 0) is 36.4 Å². The fourth-order valence-electron chi connectivity index (χ4n) is 1.94. The third-order valence-electron chi connectivity index (χ3n) is 2.81. The van der Waals surface area contributed by atoms with Gasteiger partial charge in [-0.2, -0.15) is 5.26 Å². The first-order chi connectivity index (χ1) is 8.38. The molecule has 0 aromatic heterocycles. The van der Waals surface area contributed by atoms with E-state index < -0.39 is 0 Å². The smallest absolute Gasteiger partial charge is 0.165 e. The quantitative estimate of drug-likeness (QED) is 0.744. The summed E-state index contributed by atoms with van der Waals surface area (Å²) in [6.45, 7) is 0.519. The minimum Gasteiger partial charge on any atom is -0.471 e. The molecule has 0 unspecified atom stereocenters. The van der Waals surface area contributed by atoms with E-state index in [1.54, 1.807) is 0 Å². The molecule has 0 spiro atoms. The van der Waals surface area contributed by atoms with Crippen LogP contribution in [0.2, 0.25) is 0 Å². The Morgan fingerprint density at radius 1 is 1.06 bits per heavy atom. The van der Waals surface area contributed by atoms with Crippen LogP contribution in [0.5, 0.6) is 5.75 Å². The summed E-state index contributed by atoms with van der Waals surface area (Å²) < 4.78 is 5.58. The molecule has 1 aliphatic rings. The summed E-state index contributed by atoms with van der Waals surface area (Å²) in [7, 11) is 0. The number of ether oxygens (including phenoxy) is 1. The molecule has 2 aromatic rings. The molecule has 0 amide bonds. The number of para-hydroxylation sites is 2. The monoisotopic (exact) mass is 222 g/mol. The summed E-state index contributed by atoms with van der Waals surface area (Å²) >= 11 is 0. The first-order valence-electron chi connectivity index (χ1n) is 5.38. The largest absolute Gasteiger partial charge is 0.471 e. The number of benzene rings is 2. The summed E-state index contributed by atoms with van der Waals surface area (Å²) in [6, 6.07) is 17.6. The zero-order chi connectivity index (χ0) is 11.7. The predicted octanol–water partition coefficient (Wildman–Crippen LogP) is 3.05. The van der Waals surface area contributed by atoms with Crippen molar-refractivity contribution in [3.63, 3.8) is 0 Å². The lowest BCUT2D eigenvalue weighted by Gasteiger charge is -2.16. The zero-order valence-corrected chi connectivity index (χ0v) is 9.13. The molecular formula is C14H10N2O. The summed E-state index contributed by atoms with van der Waals surface area (Å²) in [6.07, 6.45) is 0. The van der Waals surface area contributed by atoms with E-state index in [4.69, 9.17) is 10.00 Å². The zero-order valence-electron chi connectivity index (χ0n) is 9.13. The van der Waals surface area contributed by atoms with E-state index in [1.807, 2.05) is 48.5 Å². The van der Waals surface area contributed by atoms with Gasteiger partial charge >= 0.3 is 0 Å². The highest BCUT2D eigenvalue weighted by atomic mass is 16.5. The van der Waals surface area contributed by atoms with Crippen LogP contribution in [-0.2, 0) is 0 Å². The molecule has 2 aromatic carbocycles. The van der Waals surface area contributed by atoms with E-state index in [0.717, 1.165) is 17.1 Å². The van der Waals surface area contributed by atoms with Crippen LogP contribution < -0.4 is 9.64 Å². The minimum absolute atomic E-state index is 0.519. The maximum absolute atomic E-state index is 8.76. The summed E-state index contributed by atoms with van der Waals surface area (Å²) in [5.41, 5.74) is 2.77. The van der Waals surface area contributed by atoms with Crippen LogP contribution in [0.1, 0.15) is 5.56 Å². The second-order valence-corrected chi connectivity index (χ2v) is 3.83. The van der Waals surface area contributed by atoms with Gasteiger partial charge in [0.05, 0.1) is 17.3 Å². The number of nitriles is 1. The lowest BCUT2D eigenvalue weighted by Crippen LogP contribution is -2.15. The normalized spacial score (nSPS) is 12.8. The second-order valence-electron chi connectivity index (χ2n) is 3.83. The highest BCUT2D eigenvalue weighted by molar-refractivity contribution is 5.71. The van der Waals surface area contributed by atoms with Crippen molar-refractivity contribution in [3.8, 4) is 11.8 Å². The fourth-order valence-corrected chi connectivity index (χ4v) is 1.94.